The number of rotatable bonds is 3. The van der Waals surface area contributed by atoms with Crippen LogP contribution in [0.2, 0.25) is 0 Å². The van der Waals surface area contributed by atoms with Crippen LogP contribution in [0.25, 0.3) is 10.9 Å². The molecule has 0 fully saturated rings. The lowest BCUT2D eigenvalue weighted by molar-refractivity contribution is 0.840. The molecular formula is C16H16N4. The number of fused-ring (bicyclic) bond motifs is 1. The quantitative estimate of drug-likeness (QED) is 0.712. The first kappa shape index (κ1) is 12.4. The number of hydrogen-bond donors (Lipinski definition) is 2. The Kier molecular flexibility index (Phi) is 3.21. The maximum absolute atomic E-state index is 6.22. The second-order valence-corrected chi connectivity index (χ2v) is 4.72. The molecule has 1 aromatic carbocycles. The zero-order valence-electron chi connectivity index (χ0n) is 11.2. The average Bonchev–Trinajstić information content (AvgIpc) is 2.51. The largest absolute Gasteiger partial charge is 0.397 e. The third-order valence-corrected chi connectivity index (χ3v) is 3.33. The van der Waals surface area contributed by atoms with E-state index in [4.69, 9.17) is 5.73 Å². The molecule has 0 amide bonds. The predicted molar refractivity (Wildman–Crippen MR) is 82.4 cm³/mol. The molecule has 3 rings (SSSR count). The van der Waals surface area contributed by atoms with E-state index >= 15 is 0 Å². The minimum Gasteiger partial charge on any atom is -0.397 e. The Morgan fingerprint density at radius 2 is 1.85 bits per heavy atom. The predicted octanol–water partition coefficient (Wildman–Crippen LogP) is 3.39. The number of anilines is 2. The SMILES string of the molecule is CC(Nc1ccc2ncccc2c1N)c1ccccn1. The molecule has 0 radical (unpaired) electrons. The Morgan fingerprint density at radius 1 is 1.00 bits per heavy atom. The van der Waals surface area contributed by atoms with Gasteiger partial charge in [0.2, 0.25) is 0 Å². The molecule has 1 unspecified atom stereocenters. The zero-order valence-corrected chi connectivity index (χ0v) is 11.2. The summed E-state index contributed by atoms with van der Waals surface area (Å²) >= 11 is 0. The van der Waals surface area contributed by atoms with Gasteiger partial charge in [-0.15, -0.1) is 0 Å². The summed E-state index contributed by atoms with van der Waals surface area (Å²) in [5.74, 6) is 0. The normalized spacial score (nSPS) is 12.2. The number of hydrogen-bond acceptors (Lipinski definition) is 4. The third kappa shape index (κ3) is 2.28. The fourth-order valence-electron chi connectivity index (χ4n) is 2.24. The van der Waals surface area contributed by atoms with Gasteiger partial charge >= 0.3 is 0 Å². The average molecular weight is 264 g/mol. The van der Waals surface area contributed by atoms with Crippen molar-refractivity contribution in [3.05, 3.63) is 60.6 Å². The Hall–Kier alpha value is -2.62. The molecule has 2 aromatic heterocycles. The van der Waals surface area contributed by atoms with E-state index in [0.29, 0.717) is 0 Å². The number of benzene rings is 1. The van der Waals surface area contributed by atoms with Gasteiger partial charge in [-0.05, 0) is 43.3 Å². The van der Waals surface area contributed by atoms with Gasteiger partial charge in [0.25, 0.3) is 0 Å². The molecule has 0 aliphatic heterocycles. The van der Waals surface area contributed by atoms with Crippen molar-refractivity contribution in [3.63, 3.8) is 0 Å². The van der Waals surface area contributed by atoms with Crippen LogP contribution in [0.1, 0.15) is 18.7 Å². The molecular weight excluding hydrogens is 248 g/mol. The maximum atomic E-state index is 6.22. The van der Waals surface area contributed by atoms with Crippen LogP contribution in [0.4, 0.5) is 11.4 Å². The van der Waals surface area contributed by atoms with E-state index in [9.17, 15) is 0 Å². The van der Waals surface area contributed by atoms with Gasteiger partial charge in [0.1, 0.15) is 0 Å². The van der Waals surface area contributed by atoms with Crippen molar-refractivity contribution in [2.45, 2.75) is 13.0 Å². The summed E-state index contributed by atoms with van der Waals surface area (Å²) in [4.78, 5) is 8.65. The number of nitrogens with zero attached hydrogens (tertiary/aromatic N) is 2. The highest BCUT2D eigenvalue weighted by atomic mass is 15.0. The second-order valence-electron chi connectivity index (χ2n) is 4.72. The molecule has 0 saturated carbocycles. The molecule has 0 aliphatic carbocycles. The smallest absolute Gasteiger partial charge is 0.0724 e. The minimum absolute atomic E-state index is 0.0904. The first-order chi connectivity index (χ1) is 9.75. The number of nitrogens with two attached hydrogens (primary N) is 1. The highest BCUT2D eigenvalue weighted by molar-refractivity contribution is 5.96. The Bertz CT molecular complexity index is 725. The molecule has 4 nitrogen and oxygen atoms in total. The van der Waals surface area contributed by atoms with Gasteiger partial charge in [0.05, 0.1) is 28.6 Å². The molecule has 3 N–H and O–H groups in total. The summed E-state index contributed by atoms with van der Waals surface area (Å²) in [5.41, 5.74) is 9.74. The van der Waals surface area contributed by atoms with Gasteiger partial charge in [-0.1, -0.05) is 6.07 Å². The lowest BCUT2D eigenvalue weighted by Gasteiger charge is -2.17. The Morgan fingerprint density at radius 3 is 2.65 bits per heavy atom. The van der Waals surface area contributed by atoms with Crippen molar-refractivity contribution >= 4 is 22.3 Å². The fourth-order valence-corrected chi connectivity index (χ4v) is 2.24. The van der Waals surface area contributed by atoms with Crippen molar-refractivity contribution in [2.75, 3.05) is 11.1 Å². The maximum Gasteiger partial charge on any atom is 0.0724 e. The van der Waals surface area contributed by atoms with Gasteiger partial charge in [-0.25, -0.2) is 0 Å². The monoisotopic (exact) mass is 264 g/mol. The topological polar surface area (TPSA) is 63.8 Å². The minimum atomic E-state index is 0.0904. The van der Waals surface area contributed by atoms with Gasteiger partial charge in [-0.2, -0.15) is 0 Å². The van der Waals surface area contributed by atoms with E-state index in [0.717, 1.165) is 28.0 Å². The number of nitrogen functional groups attached to an aromatic ring is 1. The Balaban J connectivity index is 1.93. The summed E-state index contributed by atoms with van der Waals surface area (Å²) in [7, 11) is 0. The van der Waals surface area contributed by atoms with Crippen LogP contribution >= 0.6 is 0 Å². The summed E-state index contributed by atoms with van der Waals surface area (Å²) in [6.45, 7) is 2.06. The molecule has 0 spiro atoms. The van der Waals surface area contributed by atoms with Crippen LogP contribution in [0.15, 0.2) is 54.9 Å². The molecule has 20 heavy (non-hydrogen) atoms. The van der Waals surface area contributed by atoms with Gasteiger partial charge < -0.3 is 11.1 Å². The van der Waals surface area contributed by atoms with E-state index in [1.165, 1.54) is 0 Å². The number of nitrogens with one attached hydrogen (secondary N) is 1. The van der Waals surface area contributed by atoms with Crippen molar-refractivity contribution in [1.29, 1.82) is 0 Å². The standard InChI is InChI=1S/C16H16N4/c1-11(13-6-2-3-9-18-13)20-15-8-7-14-12(16(15)17)5-4-10-19-14/h2-11,20H,17H2,1H3. The molecule has 0 saturated heterocycles. The zero-order chi connectivity index (χ0) is 13.9. The fraction of sp³-hybridized carbons (Fsp3) is 0.125. The van der Waals surface area contributed by atoms with Crippen LogP contribution in [-0.2, 0) is 0 Å². The van der Waals surface area contributed by atoms with Crippen molar-refractivity contribution < 1.29 is 0 Å². The number of pyridine rings is 2. The molecule has 100 valence electrons. The van der Waals surface area contributed by atoms with Gasteiger partial charge in [0.15, 0.2) is 0 Å². The van der Waals surface area contributed by atoms with Crippen LogP contribution in [0.3, 0.4) is 0 Å². The highest BCUT2D eigenvalue weighted by Crippen LogP contribution is 2.29. The van der Waals surface area contributed by atoms with E-state index in [2.05, 4.69) is 22.2 Å². The molecule has 0 bridgehead atoms. The molecule has 3 aromatic rings. The summed E-state index contributed by atoms with van der Waals surface area (Å²) in [6.07, 6.45) is 3.56. The van der Waals surface area contributed by atoms with Gasteiger partial charge in [-0.3, -0.25) is 9.97 Å². The molecule has 2 heterocycles. The van der Waals surface area contributed by atoms with E-state index < -0.39 is 0 Å². The van der Waals surface area contributed by atoms with Crippen LogP contribution in [-0.4, -0.2) is 9.97 Å². The van der Waals surface area contributed by atoms with Crippen LogP contribution in [0, 0.1) is 0 Å². The van der Waals surface area contributed by atoms with E-state index in [1.807, 2.05) is 42.5 Å². The van der Waals surface area contributed by atoms with Crippen LogP contribution < -0.4 is 11.1 Å². The van der Waals surface area contributed by atoms with E-state index in [-0.39, 0.29) is 6.04 Å². The first-order valence-corrected chi connectivity index (χ1v) is 6.56. The van der Waals surface area contributed by atoms with Crippen molar-refractivity contribution in [2.24, 2.45) is 0 Å². The van der Waals surface area contributed by atoms with Gasteiger partial charge in [0, 0.05) is 17.8 Å². The Labute approximate surface area is 117 Å². The summed E-state index contributed by atoms with van der Waals surface area (Å²) in [6, 6.07) is 13.8. The molecule has 0 aliphatic rings. The second kappa shape index (κ2) is 5.17. The summed E-state index contributed by atoms with van der Waals surface area (Å²) < 4.78 is 0. The summed E-state index contributed by atoms with van der Waals surface area (Å²) in [5, 5.41) is 4.37. The number of aromatic nitrogens is 2. The lowest BCUT2D eigenvalue weighted by atomic mass is 10.1. The lowest BCUT2D eigenvalue weighted by Crippen LogP contribution is -2.09. The molecule has 1 atom stereocenters. The van der Waals surface area contributed by atoms with Crippen molar-refractivity contribution in [3.8, 4) is 0 Å². The third-order valence-electron chi connectivity index (χ3n) is 3.33. The van der Waals surface area contributed by atoms with Crippen molar-refractivity contribution in [1.82, 2.24) is 9.97 Å². The first-order valence-electron chi connectivity index (χ1n) is 6.56. The molecule has 4 heteroatoms. The highest BCUT2D eigenvalue weighted by Gasteiger charge is 2.10. The van der Waals surface area contributed by atoms with Crippen LogP contribution in [0.5, 0.6) is 0 Å². The van der Waals surface area contributed by atoms with E-state index in [1.54, 1.807) is 12.4 Å².